The zero-order chi connectivity index (χ0) is 24.6. The minimum atomic E-state index is 0.232. The predicted octanol–water partition coefficient (Wildman–Crippen LogP) is 3.13. The van der Waals surface area contributed by atoms with Crippen molar-refractivity contribution in [3.8, 4) is 28.0 Å². The number of pyridine rings is 1. The van der Waals surface area contributed by atoms with Crippen molar-refractivity contribution in [1.29, 1.82) is 5.26 Å². The highest BCUT2D eigenvalue weighted by Gasteiger charge is 2.30. The number of hydrogen-bond donors (Lipinski definition) is 1. The molecule has 4 aromatic rings. The highest BCUT2D eigenvalue weighted by atomic mass is 32.1. The van der Waals surface area contributed by atoms with E-state index in [1.54, 1.807) is 22.0 Å². The Morgan fingerprint density at radius 1 is 1.11 bits per heavy atom. The lowest BCUT2D eigenvalue weighted by Gasteiger charge is -2.42. The first kappa shape index (κ1) is 22.8. The molecule has 2 aliphatic heterocycles. The molecule has 6 rings (SSSR count). The first-order valence-corrected chi connectivity index (χ1v) is 13.0. The SMILES string of the molecule is CC(C)Nc1cc(-c2ccc3cc(C#N)cnn23)ncc1-c1nnc(N2CCN(C3COC3)CC2)s1. The molecule has 184 valence electrons. The van der Waals surface area contributed by atoms with E-state index in [-0.39, 0.29) is 6.04 Å². The van der Waals surface area contributed by atoms with Crippen LogP contribution < -0.4 is 10.2 Å². The van der Waals surface area contributed by atoms with Crippen molar-refractivity contribution in [2.75, 3.05) is 49.6 Å². The summed E-state index contributed by atoms with van der Waals surface area (Å²) in [6.07, 6.45) is 3.43. The van der Waals surface area contributed by atoms with Gasteiger partial charge < -0.3 is 15.0 Å². The van der Waals surface area contributed by atoms with Crippen LogP contribution >= 0.6 is 11.3 Å². The van der Waals surface area contributed by atoms with Gasteiger partial charge in [-0.05, 0) is 38.1 Å². The molecule has 2 fully saturated rings. The fraction of sp³-hybridized carbons (Fsp3) is 0.400. The first-order valence-electron chi connectivity index (χ1n) is 12.1. The minimum Gasteiger partial charge on any atom is -0.382 e. The summed E-state index contributed by atoms with van der Waals surface area (Å²) in [6, 6.07) is 10.7. The summed E-state index contributed by atoms with van der Waals surface area (Å²) in [7, 11) is 0. The Morgan fingerprint density at radius 3 is 2.67 bits per heavy atom. The van der Waals surface area contributed by atoms with Gasteiger partial charge in [-0.2, -0.15) is 10.4 Å². The molecule has 2 saturated heterocycles. The van der Waals surface area contributed by atoms with Gasteiger partial charge in [0.2, 0.25) is 5.13 Å². The summed E-state index contributed by atoms with van der Waals surface area (Å²) in [4.78, 5) is 9.60. The number of hydrogen-bond acceptors (Lipinski definition) is 10. The smallest absolute Gasteiger partial charge is 0.208 e. The topological polar surface area (TPSA) is 108 Å². The van der Waals surface area contributed by atoms with E-state index >= 15 is 0 Å². The van der Waals surface area contributed by atoms with Gasteiger partial charge in [0.25, 0.3) is 0 Å². The molecule has 10 nitrogen and oxygen atoms in total. The van der Waals surface area contributed by atoms with Crippen LogP contribution in [0.3, 0.4) is 0 Å². The number of ether oxygens (including phenoxy) is 1. The summed E-state index contributed by atoms with van der Waals surface area (Å²) in [6.45, 7) is 9.87. The van der Waals surface area contributed by atoms with Gasteiger partial charge in [0.05, 0.1) is 53.5 Å². The largest absolute Gasteiger partial charge is 0.382 e. The predicted molar refractivity (Wildman–Crippen MR) is 139 cm³/mol. The molecule has 4 aromatic heterocycles. The second-order valence-corrected chi connectivity index (χ2v) is 10.4. The third kappa shape index (κ3) is 4.28. The van der Waals surface area contributed by atoms with E-state index in [2.05, 4.69) is 50.3 Å². The van der Waals surface area contributed by atoms with E-state index in [9.17, 15) is 5.26 Å². The van der Waals surface area contributed by atoms with Gasteiger partial charge in [-0.1, -0.05) is 11.3 Å². The van der Waals surface area contributed by atoms with Crippen molar-refractivity contribution in [3.63, 3.8) is 0 Å². The summed E-state index contributed by atoms with van der Waals surface area (Å²) >= 11 is 1.61. The number of fused-ring (bicyclic) bond motifs is 1. The Hall–Kier alpha value is -3.59. The fourth-order valence-corrected chi connectivity index (χ4v) is 5.54. The maximum Gasteiger partial charge on any atom is 0.208 e. The Kier molecular flexibility index (Phi) is 6.00. The molecule has 0 amide bonds. The van der Waals surface area contributed by atoms with Crippen LogP contribution in [0.2, 0.25) is 0 Å². The van der Waals surface area contributed by atoms with E-state index in [4.69, 9.17) is 9.72 Å². The Morgan fingerprint density at radius 2 is 1.94 bits per heavy atom. The molecule has 0 spiro atoms. The van der Waals surface area contributed by atoms with Gasteiger partial charge in [-0.15, -0.1) is 10.2 Å². The van der Waals surface area contributed by atoms with Crippen LogP contribution in [0.15, 0.2) is 36.7 Å². The number of aromatic nitrogens is 5. The minimum absolute atomic E-state index is 0.232. The molecular weight excluding hydrogens is 474 g/mol. The van der Waals surface area contributed by atoms with Crippen LogP contribution in [-0.4, -0.2) is 81.2 Å². The van der Waals surface area contributed by atoms with Crippen LogP contribution in [0.1, 0.15) is 19.4 Å². The normalized spacial score (nSPS) is 16.9. The lowest BCUT2D eigenvalue weighted by atomic mass is 10.1. The quantitative estimate of drug-likeness (QED) is 0.426. The second-order valence-electron chi connectivity index (χ2n) is 9.43. The van der Waals surface area contributed by atoms with E-state index in [1.165, 1.54) is 0 Å². The summed E-state index contributed by atoms with van der Waals surface area (Å²) in [5.74, 6) is 0. The number of piperazine rings is 1. The zero-order valence-corrected chi connectivity index (χ0v) is 21.1. The van der Waals surface area contributed by atoms with Gasteiger partial charge in [0, 0.05) is 44.1 Å². The van der Waals surface area contributed by atoms with Crippen LogP contribution in [0, 0.1) is 11.3 Å². The molecule has 0 saturated carbocycles. The van der Waals surface area contributed by atoms with Crippen LogP contribution in [0.4, 0.5) is 10.8 Å². The van der Waals surface area contributed by atoms with Gasteiger partial charge >= 0.3 is 0 Å². The number of nitriles is 1. The summed E-state index contributed by atoms with van der Waals surface area (Å²) < 4.78 is 7.16. The van der Waals surface area contributed by atoms with Crippen molar-refractivity contribution in [2.45, 2.75) is 25.9 Å². The van der Waals surface area contributed by atoms with Gasteiger partial charge in [0.1, 0.15) is 6.07 Å². The molecule has 0 aliphatic carbocycles. The van der Waals surface area contributed by atoms with E-state index in [0.29, 0.717) is 11.6 Å². The lowest BCUT2D eigenvalue weighted by Crippen LogP contribution is -2.56. The second kappa shape index (κ2) is 9.46. The molecule has 0 unspecified atom stereocenters. The Labute approximate surface area is 213 Å². The number of anilines is 2. The summed E-state index contributed by atoms with van der Waals surface area (Å²) in [5, 5.41) is 28.0. The van der Waals surface area contributed by atoms with Crippen molar-refractivity contribution in [1.82, 2.24) is 29.7 Å². The molecule has 0 atom stereocenters. The average Bonchev–Trinajstić information content (AvgIpc) is 3.50. The van der Waals surface area contributed by atoms with E-state index in [0.717, 1.165) is 77.7 Å². The summed E-state index contributed by atoms with van der Waals surface area (Å²) in [5.41, 5.74) is 4.92. The number of nitrogens with one attached hydrogen (secondary N) is 1. The zero-order valence-electron chi connectivity index (χ0n) is 20.3. The van der Waals surface area contributed by atoms with Gasteiger partial charge in [-0.3, -0.25) is 9.88 Å². The molecule has 0 radical (unpaired) electrons. The first-order chi connectivity index (χ1) is 17.6. The van der Waals surface area contributed by atoms with Crippen molar-refractivity contribution in [3.05, 3.63) is 42.2 Å². The highest BCUT2D eigenvalue weighted by molar-refractivity contribution is 7.18. The fourth-order valence-electron chi connectivity index (χ4n) is 4.62. The maximum absolute atomic E-state index is 9.17. The van der Waals surface area contributed by atoms with Crippen molar-refractivity contribution >= 4 is 27.7 Å². The van der Waals surface area contributed by atoms with Gasteiger partial charge in [-0.25, -0.2) is 4.52 Å². The highest BCUT2D eigenvalue weighted by Crippen LogP contribution is 2.36. The molecule has 0 bridgehead atoms. The van der Waals surface area contributed by atoms with Crippen LogP contribution in [-0.2, 0) is 4.74 Å². The number of rotatable bonds is 6. The Balaban J connectivity index is 1.27. The monoisotopic (exact) mass is 501 g/mol. The molecule has 2 aliphatic rings. The van der Waals surface area contributed by atoms with Crippen LogP contribution in [0.25, 0.3) is 27.5 Å². The van der Waals surface area contributed by atoms with Gasteiger partial charge in [0.15, 0.2) is 5.01 Å². The van der Waals surface area contributed by atoms with E-state index < -0.39 is 0 Å². The lowest BCUT2D eigenvalue weighted by molar-refractivity contribution is -0.0660. The van der Waals surface area contributed by atoms with Crippen LogP contribution in [0.5, 0.6) is 0 Å². The van der Waals surface area contributed by atoms with Crippen molar-refractivity contribution in [2.24, 2.45) is 0 Å². The Bertz CT molecular complexity index is 1430. The number of nitrogens with zero attached hydrogens (tertiary/aromatic N) is 8. The molecule has 36 heavy (non-hydrogen) atoms. The maximum atomic E-state index is 9.17. The van der Waals surface area contributed by atoms with Crippen molar-refractivity contribution < 1.29 is 4.74 Å². The molecule has 11 heteroatoms. The average molecular weight is 502 g/mol. The standard InChI is InChI=1S/C25H27N9OS/c1-16(2)29-21-10-22(23-4-3-18-9-17(11-26)12-28-34(18)23)27-13-20(21)24-30-31-25(36-24)33-7-5-32(6-8-33)19-14-35-15-19/h3-4,9-10,12-13,16,19H,5-8,14-15H2,1-2H3,(H,27,29). The molecule has 6 heterocycles. The molecule has 1 N–H and O–H groups in total. The third-order valence-electron chi connectivity index (χ3n) is 6.61. The van der Waals surface area contributed by atoms with E-state index in [1.807, 2.05) is 30.5 Å². The third-order valence-corrected chi connectivity index (χ3v) is 7.62. The molecular formula is C25H27N9OS. The molecule has 0 aromatic carbocycles.